The third-order valence-electron chi connectivity index (χ3n) is 0.744. The third kappa shape index (κ3) is 1.35. The fraction of sp³-hybridized carbons (Fsp3) is 0.400. The molecule has 2 heteroatoms. The molecule has 0 amide bonds. The van der Waals surface area contributed by atoms with Gasteiger partial charge in [-0.2, -0.15) is 0 Å². The van der Waals surface area contributed by atoms with Gasteiger partial charge < -0.3 is 0 Å². The molecular formula is C5H7NS. The lowest BCUT2D eigenvalue weighted by atomic mass is 10.5. The Bertz CT molecular complexity index is 115. The van der Waals surface area contributed by atoms with E-state index in [-0.39, 0.29) is 0 Å². The summed E-state index contributed by atoms with van der Waals surface area (Å²) in [7, 11) is 0. The highest BCUT2D eigenvalue weighted by Crippen LogP contribution is 2.07. The predicted molar refractivity (Wildman–Crippen MR) is 34.7 cm³/mol. The Morgan fingerprint density at radius 3 is 3.00 bits per heavy atom. The summed E-state index contributed by atoms with van der Waals surface area (Å²) in [6.07, 6.45) is 1.84. The standard InChI is InChI=1S/C5H7NS/c1-5-4-7-3-2-6-5/h2-3H,4H2,1H3. The van der Waals surface area contributed by atoms with Gasteiger partial charge in [0.2, 0.25) is 0 Å². The molecule has 0 fully saturated rings. The van der Waals surface area contributed by atoms with Crippen LogP contribution in [0.4, 0.5) is 0 Å². The van der Waals surface area contributed by atoms with E-state index in [1.807, 2.05) is 18.5 Å². The van der Waals surface area contributed by atoms with Gasteiger partial charge in [0.15, 0.2) is 0 Å². The quantitative estimate of drug-likeness (QED) is 0.465. The third-order valence-corrected chi connectivity index (χ3v) is 1.64. The number of aliphatic imine (C=N–C) groups is 1. The van der Waals surface area contributed by atoms with Gasteiger partial charge in [-0.05, 0) is 12.3 Å². The zero-order valence-corrected chi connectivity index (χ0v) is 5.03. The minimum absolute atomic E-state index is 1.07. The van der Waals surface area contributed by atoms with Crippen LogP contribution in [0.25, 0.3) is 0 Å². The number of rotatable bonds is 0. The van der Waals surface area contributed by atoms with Gasteiger partial charge in [0.1, 0.15) is 0 Å². The first kappa shape index (κ1) is 4.91. The summed E-state index contributed by atoms with van der Waals surface area (Å²) in [5.74, 6) is 1.07. The molecule has 0 aliphatic carbocycles. The summed E-state index contributed by atoms with van der Waals surface area (Å²) in [6, 6.07) is 0. The van der Waals surface area contributed by atoms with E-state index >= 15 is 0 Å². The fourth-order valence-corrected chi connectivity index (χ4v) is 0.966. The van der Waals surface area contributed by atoms with Crippen molar-refractivity contribution < 1.29 is 0 Å². The summed E-state index contributed by atoms with van der Waals surface area (Å²) >= 11 is 1.79. The van der Waals surface area contributed by atoms with E-state index in [9.17, 15) is 0 Å². The first-order valence-corrected chi connectivity index (χ1v) is 3.24. The Labute approximate surface area is 47.5 Å². The number of thioether (sulfide) groups is 1. The van der Waals surface area contributed by atoms with Crippen molar-refractivity contribution in [1.82, 2.24) is 0 Å². The largest absolute Gasteiger partial charge is 0.265 e. The zero-order chi connectivity index (χ0) is 5.11. The maximum absolute atomic E-state index is 4.05. The normalized spacial score (nSPS) is 19.3. The Kier molecular flexibility index (Phi) is 1.52. The van der Waals surface area contributed by atoms with Crippen LogP contribution >= 0.6 is 11.8 Å². The molecule has 0 aromatic carbocycles. The van der Waals surface area contributed by atoms with Gasteiger partial charge in [-0.3, -0.25) is 4.99 Å². The molecule has 0 unspecified atom stereocenters. The second-order valence-corrected chi connectivity index (χ2v) is 2.35. The van der Waals surface area contributed by atoms with Crippen molar-refractivity contribution in [2.24, 2.45) is 4.99 Å². The van der Waals surface area contributed by atoms with Gasteiger partial charge >= 0.3 is 0 Å². The summed E-state index contributed by atoms with van der Waals surface area (Å²) < 4.78 is 0. The summed E-state index contributed by atoms with van der Waals surface area (Å²) in [5.41, 5.74) is 1.22. The highest BCUT2D eigenvalue weighted by molar-refractivity contribution is 8.02. The Morgan fingerprint density at radius 1 is 1.86 bits per heavy atom. The van der Waals surface area contributed by atoms with Crippen LogP contribution in [0.15, 0.2) is 16.6 Å². The lowest BCUT2D eigenvalue weighted by Crippen LogP contribution is -1.94. The smallest absolute Gasteiger partial charge is 0.0358 e. The van der Waals surface area contributed by atoms with Gasteiger partial charge in [-0.15, -0.1) is 11.8 Å². The summed E-state index contributed by atoms with van der Waals surface area (Å²) in [6.45, 7) is 2.04. The highest BCUT2D eigenvalue weighted by atomic mass is 32.2. The number of hydrogen-bond acceptors (Lipinski definition) is 2. The second kappa shape index (κ2) is 2.17. The molecule has 0 bridgehead atoms. The number of nitrogens with zero attached hydrogens (tertiary/aromatic N) is 1. The van der Waals surface area contributed by atoms with Gasteiger partial charge in [0.05, 0.1) is 0 Å². The molecule has 0 N–H and O–H groups in total. The van der Waals surface area contributed by atoms with Gasteiger partial charge in [-0.25, -0.2) is 0 Å². The lowest BCUT2D eigenvalue weighted by molar-refractivity contribution is 1.50. The monoisotopic (exact) mass is 113 g/mol. The molecule has 0 saturated heterocycles. The molecule has 0 aromatic heterocycles. The highest BCUT2D eigenvalue weighted by Gasteiger charge is 1.90. The van der Waals surface area contributed by atoms with Crippen LogP contribution in [-0.4, -0.2) is 11.5 Å². The summed E-state index contributed by atoms with van der Waals surface area (Å²) in [4.78, 5) is 4.05. The predicted octanol–water partition coefficient (Wildman–Crippen LogP) is 1.67. The molecule has 0 aromatic rings. The molecule has 38 valence electrons. The van der Waals surface area contributed by atoms with Crippen molar-refractivity contribution in [3.63, 3.8) is 0 Å². The van der Waals surface area contributed by atoms with Crippen LogP contribution < -0.4 is 0 Å². The van der Waals surface area contributed by atoms with Gasteiger partial charge in [0, 0.05) is 17.7 Å². The minimum Gasteiger partial charge on any atom is -0.265 e. The van der Waals surface area contributed by atoms with Crippen molar-refractivity contribution in [2.75, 3.05) is 5.75 Å². The van der Waals surface area contributed by atoms with Crippen LogP contribution in [0.2, 0.25) is 0 Å². The molecule has 0 atom stereocenters. The van der Waals surface area contributed by atoms with Gasteiger partial charge in [0.25, 0.3) is 0 Å². The van der Waals surface area contributed by atoms with Crippen molar-refractivity contribution >= 4 is 17.5 Å². The first-order chi connectivity index (χ1) is 3.39. The second-order valence-electron chi connectivity index (χ2n) is 1.46. The number of hydrogen-bond donors (Lipinski definition) is 0. The topological polar surface area (TPSA) is 12.4 Å². The molecule has 1 aliphatic heterocycles. The van der Waals surface area contributed by atoms with Crippen LogP contribution in [0.5, 0.6) is 0 Å². The van der Waals surface area contributed by atoms with Crippen molar-refractivity contribution in [2.45, 2.75) is 6.92 Å². The average molecular weight is 113 g/mol. The fourth-order valence-electron chi connectivity index (χ4n) is 0.407. The van der Waals surface area contributed by atoms with E-state index < -0.39 is 0 Å². The van der Waals surface area contributed by atoms with Crippen molar-refractivity contribution in [1.29, 1.82) is 0 Å². The van der Waals surface area contributed by atoms with Gasteiger partial charge in [-0.1, -0.05) is 0 Å². The maximum atomic E-state index is 4.05. The zero-order valence-electron chi connectivity index (χ0n) is 4.22. The summed E-state index contributed by atoms with van der Waals surface area (Å²) in [5, 5.41) is 2.01. The van der Waals surface area contributed by atoms with Crippen molar-refractivity contribution in [3.8, 4) is 0 Å². The first-order valence-electron chi connectivity index (χ1n) is 2.19. The molecule has 1 heterocycles. The molecule has 7 heavy (non-hydrogen) atoms. The Hall–Kier alpha value is -0.240. The van der Waals surface area contributed by atoms with E-state index in [0.29, 0.717) is 0 Å². The Morgan fingerprint density at radius 2 is 2.71 bits per heavy atom. The van der Waals surface area contributed by atoms with Crippen LogP contribution in [0.3, 0.4) is 0 Å². The van der Waals surface area contributed by atoms with E-state index in [2.05, 4.69) is 4.99 Å². The molecule has 1 rings (SSSR count). The molecule has 1 nitrogen and oxygen atoms in total. The molecule has 0 saturated carbocycles. The van der Waals surface area contributed by atoms with E-state index in [4.69, 9.17) is 0 Å². The maximum Gasteiger partial charge on any atom is 0.0358 e. The van der Waals surface area contributed by atoms with Crippen molar-refractivity contribution in [3.05, 3.63) is 11.6 Å². The Balaban J connectivity index is 2.57. The molecule has 0 spiro atoms. The van der Waals surface area contributed by atoms with Crippen LogP contribution in [-0.2, 0) is 0 Å². The molecular weight excluding hydrogens is 106 g/mol. The van der Waals surface area contributed by atoms with E-state index in [1.54, 1.807) is 11.8 Å². The minimum atomic E-state index is 1.07. The van der Waals surface area contributed by atoms with E-state index in [0.717, 1.165) is 5.75 Å². The molecule has 0 radical (unpaired) electrons. The van der Waals surface area contributed by atoms with Crippen LogP contribution in [0, 0.1) is 0 Å². The average Bonchev–Trinajstić information content (AvgIpc) is 1.69. The van der Waals surface area contributed by atoms with E-state index in [1.165, 1.54) is 5.71 Å². The lowest BCUT2D eigenvalue weighted by Gasteiger charge is -1.97. The van der Waals surface area contributed by atoms with Crippen LogP contribution in [0.1, 0.15) is 6.92 Å². The SMILES string of the molecule is CC1=NC=CSC1. The molecule has 1 aliphatic rings.